The molecule has 0 heterocycles. The molecule has 4 nitrogen and oxygen atoms in total. The smallest absolute Gasteiger partial charge is 0.340 e. The van der Waals surface area contributed by atoms with Gasteiger partial charge in [-0.2, -0.15) is 0 Å². The first kappa shape index (κ1) is 11.9. The van der Waals surface area contributed by atoms with Crippen LogP contribution < -0.4 is 11.1 Å². The zero-order valence-corrected chi connectivity index (χ0v) is 9.57. The van der Waals surface area contributed by atoms with E-state index in [1.807, 2.05) is 0 Å². The van der Waals surface area contributed by atoms with Crippen molar-refractivity contribution in [1.82, 2.24) is 0 Å². The van der Waals surface area contributed by atoms with Crippen LogP contribution in [-0.2, 0) is 4.74 Å². The van der Waals surface area contributed by atoms with Gasteiger partial charge in [0.25, 0.3) is 0 Å². The molecular weight excluding hydrogens is 223 g/mol. The van der Waals surface area contributed by atoms with E-state index >= 15 is 0 Å². The van der Waals surface area contributed by atoms with E-state index in [0.29, 0.717) is 11.7 Å². The van der Waals surface area contributed by atoms with E-state index in [1.54, 1.807) is 6.07 Å². The number of benzene rings is 1. The molecule has 17 heavy (non-hydrogen) atoms. The van der Waals surface area contributed by atoms with Crippen LogP contribution >= 0.6 is 0 Å². The molecule has 0 aromatic heterocycles. The molecule has 2 rings (SSSR count). The van der Waals surface area contributed by atoms with Crippen molar-refractivity contribution in [1.29, 1.82) is 0 Å². The second-order valence-corrected chi connectivity index (χ2v) is 4.26. The maximum atomic E-state index is 13.4. The lowest BCUT2D eigenvalue weighted by molar-refractivity contribution is 0.0595. The van der Waals surface area contributed by atoms with Crippen LogP contribution in [0, 0.1) is 5.82 Å². The number of nitrogens with two attached hydrogens (primary N) is 1. The molecule has 1 aliphatic carbocycles. The summed E-state index contributed by atoms with van der Waals surface area (Å²) in [5.74, 6) is -1.25. The van der Waals surface area contributed by atoms with Crippen LogP contribution in [0.15, 0.2) is 18.2 Å². The minimum atomic E-state index is -0.670. The average molecular weight is 238 g/mol. The van der Waals surface area contributed by atoms with Crippen LogP contribution in [0.3, 0.4) is 0 Å². The van der Waals surface area contributed by atoms with Gasteiger partial charge in [0.05, 0.1) is 12.7 Å². The summed E-state index contributed by atoms with van der Waals surface area (Å²) in [6.45, 7) is 0. The molecule has 0 spiro atoms. The van der Waals surface area contributed by atoms with Crippen molar-refractivity contribution >= 4 is 11.7 Å². The number of hydrogen-bond acceptors (Lipinski definition) is 4. The fraction of sp³-hybridized carbons (Fsp3) is 0.417. The fourth-order valence-electron chi connectivity index (χ4n) is 1.90. The molecule has 0 atom stereocenters. The lowest BCUT2D eigenvalue weighted by atomic mass is 9.87. The predicted octanol–water partition coefficient (Wildman–Crippen LogP) is 1.51. The minimum absolute atomic E-state index is 0.0545. The van der Waals surface area contributed by atoms with Crippen molar-refractivity contribution < 1.29 is 13.9 Å². The Bertz CT molecular complexity index is 431. The lowest BCUT2D eigenvalue weighted by Gasteiger charge is -2.33. The van der Waals surface area contributed by atoms with Crippen LogP contribution in [0.25, 0.3) is 0 Å². The quantitative estimate of drug-likeness (QED) is 0.783. The fourth-order valence-corrected chi connectivity index (χ4v) is 1.90. The van der Waals surface area contributed by atoms with Crippen LogP contribution in [0.4, 0.5) is 10.1 Å². The van der Waals surface area contributed by atoms with Crippen LogP contribution in [0.1, 0.15) is 23.2 Å². The highest BCUT2D eigenvalue weighted by Gasteiger charge is 2.25. The van der Waals surface area contributed by atoms with Gasteiger partial charge in [0.15, 0.2) is 0 Å². The number of hydrogen-bond donors (Lipinski definition) is 2. The van der Waals surface area contributed by atoms with Crippen molar-refractivity contribution in [2.75, 3.05) is 12.4 Å². The molecule has 92 valence electrons. The summed E-state index contributed by atoms with van der Waals surface area (Å²) < 4.78 is 17.9. The number of ether oxygens (including phenoxy) is 1. The molecule has 0 aliphatic heterocycles. The Morgan fingerprint density at radius 1 is 1.53 bits per heavy atom. The second kappa shape index (κ2) is 4.71. The molecule has 1 aromatic rings. The summed E-state index contributed by atoms with van der Waals surface area (Å²) in [4.78, 5) is 11.3. The number of esters is 1. The number of halogens is 1. The number of anilines is 1. The average Bonchev–Trinajstić information content (AvgIpc) is 2.28. The van der Waals surface area contributed by atoms with Gasteiger partial charge in [-0.15, -0.1) is 0 Å². The molecule has 0 amide bonds. The van der Waals surface area contributed by atoms with Crippen LogP contribution in [-0.4, -0.2) is 25.2 Å². The van der Waals surface area contributed by atoms with E-state index in [1.165, 1.54) is 19.2 Å². The zero-order chi connectivity index (χ0) is 12.4. The van der Waals surface area contributed by atoms with Crippen LogP contribution in [0.2, 0.25) is 0 Å². The largest absolute Gasteiger partial charge is 0.465 e. The Kier molecular flexibility index (Phi) is 3.28. The van der Waals surface area contributed by atoms with Gasteiger partial charge in [0, 0.05) is 17.8 Å². The molecule has 0 bridgehead atoms. The number of methoxy groups -OCH3 is 1. The molecule has 1 aromatic carbocycles. The van der Waals surface area contributed by atoms with Gasteiger partial charge in [-0.05, 0) is 31.0 Å². The molecule has 0 saturated heterocycles. The van der Waals surface area contributed by atoms with E-state index in [9.17, 15) is 9.18 Å². The van der Waals surface area contributed by atoms with E-state index in [4.69, 9.17) is 5.73 Å². The summed E-state index contributed by atoms with van der Waals surface area (Å²) >= 11 is 0. The number of nitrogens with one attached hydrogen (secondary N) is 1. The highest BCUT2D eigenvalue weighted by molar-refractivity contribution is 5.90. The van der Waals surface area contributed by atoms with E-state index in [2.05, 4.69) is 10.1 Å². The van der Waals surface area contributed by atoms with Crippen molar-refractivity contribution in [3.8, 4) is 0 Å². The summed E-state index contributed by atoms with van der Waals surface area (Å²) in [6, 6.07) is 4.87. The molecule has 3 N–H and O–H groups in total. The predicted molar refractivity (Wildman–Crippen MR) is 62.4 cm³/mol. The Morgan fingerprint density at radius 3 is 2.82 bits per heavy atom. The molecular formula is C12H15FN2O2. The lowest BCUT2D eigenvalue weighted by Crippen LogP contribution is -2.44. The second-order valence-electron chi connectivity index (χ2n) is 4.26. The van der Waals surface area contributed by atoms with Gasteiger partial charge in [-0.3, -0.25) is 0 Å². The molecule has 1 fully saturated rings. The normalized spacial score (nSPS) is 22.8. The Labute approximate surface area is 98.9 Å². The van der Waals surface area contributed by atoms with Gasteiger partial charge >= 0.3 is 5.97 Å². The SMILES string of the molecule is COC(=O)c1cc(NC2CC(N)C2)ccc1F. The molecule has 1 saturated carbocycles. The van der Waals surface area contributed by atoms with Crippen molar-refractivity contribution in [2.24, 2.45) is 5.73 Å². The number of carbonyl (C=O) groups excluding carboxylic acids is 1. The number of carbonyl (C=O) groups is 1. The summed E-state index contributed by atoms with van der Waals surface area (Å²) in [6.07, 6.45) is 1.79. The third-order valence-electron chi connectivity index (χ3n) is 2.92. The summed E-state index contributed by atoms with van der Waals surface area (Å²) in [7, 11) is 1.23. The first-order chi connectivity index (χ1) is 8.10. The van der Waals surface area contributed by atoms with Gasteiger partial charge in [0.1, 0.15) is 5.82 Å². The summed E-state index contributed by atoms with van der Waals surface area (Å²) in [5, 5.41) is 3.20. The third-order valence-corrected chi connectivity index (χ3v) is 2.92. The topological polar surface area (TPSA) is 64.3 Å². The minimum Gasteiger partial charge on any atom is -0.465 e. The molecule has 5 heteroatoms. The van der Waals surface area contributed by atoms with Gasteiger partial charge in [0.2, 0.25) is 0 Å². The van der Waals surface area contributed by atoms with Crippen molar-refractivity contribution in [3.05, 3.63) is 29.6 Å². The Morgan fingerprint density at radius 2 is 2.24 bits per heavy atom. The van der Waals surface area contributed by atoms with Crippen molar-refractivity contribution in [3.63, 3.8) is 0 Å². The zero-order valence-electron chi connectivity index (χ0n) is 9.57. The monoisotopic (exact) mass is 238 g/mol. The highest BCUT2D eigenvalue weighted by Crippen LogP contribution is 2.24. The van der Waals surface area contributed by atoms with E-state index < -0.39 is 11.8 Å². The van der Waals surface area contributed by atoms with Crippen molar-refractivity contribution in [2.45, 2.75) is 24.9 Å². The highest BCUT2D eigenvalue weighted by atomic mass is 19.1. The standard InChI is InChI=1S/C12H15FN2O2/c1-17-12(16)10-6-8(2-3-11(10)13)15-9-4-7(14)5-9/h2-3,6-7,9,15H,4-5,14H2,1H3. The molecule has 1 aliphatic rings. The summed E-state index contributed by atoms with van der Waals surface area (Å²) in [5.41, 5.74) is 6.33. The Balaban J connectivity index is 2.10. The third kappa shape index (κ3) is 2.55. The number of rotatable bonds is 3. The molecule has 0 unspecified atom stereocenters. The maximum absolute atomic E-state index is 13.4. The van der Waals surface area contributed by atoms with Gasteiger partial charge in [-0.1, -0.05) is 0 Å². The first-order valence-corrected chi connectivity index (χ1v) is 5.50. The van der Waals surface area contributed by atoms with Gasteiger partial charge < -0.3 is 15.8 Å². The first-order valence-electron chi connectivity index (χ1n) is 5.50. The van der Waals surface area contributed by atoms with E-state index in [0.717, 1.165) is 12.8 Å². The van der Waals surface area contributed by atoms with E-state index in [-0.39, 0.29) is 11.6 Å². The van der Waals surface area contributed by atoms with Gasteiger partial charge in [-0.25, -0.2) is 9.18 Å². The molecule has 0 radical (unpaired) electrons. The maximum Gasteiger partial charge on any atom is 0.340 e. The van der Waals surface area contributed by atoms with Crippen LogP contribution in [0.5, 0.6) is 0 Å². The Hall–Kier alpha value is -1.62.